The van der Waals surface area contributed by atoms with Crippen molar-refractivity contribution in [3.8, 4) is 5.00 Å². The zero-order chi connectivity index (χ0) is 17.9. The van der Waals surface area contributed by atoms with E-state index in [1.807, 2.05) is 61.1 Å². The van der Waals surface area contributed by atoms with Crippen LogP contribution in [0.5, 0.6) is 0 Å². The molecule has 0 unspecified atom stereocenters. The minimum atomic E-state index is 0.0384. The summed E-state index contributed by atoms with van der Waals surface area (Å²) < 4.78 is 1.77. The lowest BCUT2D eigenvalue weighted by Crippen LogP contribution is -2.23. The maximum absolute atomic E-state index is 13.2. The van der Waals surface area contributed by atoms with Gasteiger partial charge in [0.15, 0.2) is 0 Å². The van der Waals surface area contributed by atoms with Gasteiger partial charge in [-0.05, 0) is 79.1 Å². The molecule has 0 atom stereocenters. The van der Waals surface area contributed by atoms with Crippen molar-refractivity contribution < 1.29 is 0 Å². The molecule has 0 aliphatic rings. The topological polar surface area (TPSA) is 47.8 Å². The molecule has 0 aliphatic carbocycles. The van der Waals surface area contributed by atoms with Crippen LogP contribution in [0.25, 0.3) is 16.0 Å². The fraction of sp³-hybridized carbons (Fsp3) is 0.190. The van der Waals surface area contributed by atoms with Crippen LogP contribution in [-0.4, -0.2) is 14.5 Å². The Bertz CT molecular complexity index is 1100. The van der Waals surface area contributed by atoms with Gasteiger partial charge in [-0.1, -0.05) is 0 Å². The standard InChI is InChI=1S/C21H19N3OS/c1-15-9-13-26-21(15)24-19-17(6-3-10-23-19)14-18(20(24)25)5-2-4-16-7-11-22-12-8-16/h3,6-14H,2,4-5H2,1H3. The summed E-state index contributed by atoms with van der Waals surface area (Å²) in [6.07, 6.45) is 7.97. The predicted octanol–water partition coefficient (Wildman–Crippen LogP) is 4.33. The van der Waals surface area contributed by atoms with Crippen LogP contribution in [0.15, 0.2) is 65.2 Å². The van der Waals surface area contributed by atoms with Gasteiger partial charge in [0.2, 0.25) is 0 Å². The molecule has 0 fully saturated rings. The molecule has 0 aliphatic heterocycles. The number of thiophene rings is 1. The summed E-state index contributed by atoms with van der Waals surface area (Å²) in [4.78, 5) is 21.7. The third kappa shape index (κ3) is 3.18. The molecule has 0 saturated heterocycles. The summed E-state index contributed by atoms with van der Waals surface area (Å²) in [5, 5.41) is 3.97. The van der Waals surface area contributed by atoms with Crippen molar-refractivity contribution in [2.24, 2.45) is 0 Å². The van der Waals surface area contributed by atoms with Crippen LogP contribution >= 0.6 is 11.3 Å². The number of hydrogen-bond acceptors (Lipinski definition) is 4. The molecule has 4 heterocycles. The molecule has 130 valence electrons. The second kappa shape index (κ2) is 7.22. The van der Waals surface area contributed by atoms with Crippen molar-refractivity contribution in [1.29, 1.82) is 0 Å². The van der Waals surface area contributed by atoms with Crippen LogP contribution in [-0.2, 0) is 12.8 Å². The third-order valence-electron chi connectivity index (χ3n) is 4.54. The van der Waals surface area contributed by atoms with Crippen molar-refractivity contribution in [3.63, 3.8) is 0 Å². The molecule has 4 nitrogen and oxygen atoms in total. The molecule has 0 N–H and O–H groups in total. The summed E-state index contributed by atoms with van der Waals surface area (Å²) in [7, 11) is 0. The van der Waals surface area contributed by atoms with Crippen LogP contribution in [0.1, 0.15) is 23.1 Å². The molecule has 4 aromatic heterocycles. The van der Waals surface area contributed by atoms with Crippen molar-refractivity contribution in [2.45, 2.75) is 26.2 Å². The van der Waals surface area contributed by atoms with Crippen LogP contribution < -0.4 is 5.56 Å². The van der Waals surface area contributed by atoms with E-state index < -0.39 is 0 Å². The number of pyridine rings is 3. The van der Waals surface area contributed by atoms with Crippen LogP contribution in [0.4, 0.5) is 0 Å². The Labute approximate surface area is 155 Å². The molecule has 0 bridgehead atoms. The van der Waals surface area contributed by atoms with Crippen LogP contribution in [0.3, 0.4) is 0 Å². The van der Waals surface area contributed by atoms with E-state index >= 15 is 0 Å². The minimum Gasteiger partial charge on any atom is -0.269 e. The van der Waals surface area contributed by atoms with Crippen molar-refractivity contribution in [3.05, 3.63) is 87.4 Å². The minimum absolute atomic E-state index is 0.0384. The Hall–Kier alpha value is -2.79. The highest BCUT2D eigenvalue weighted by Crippen LogP contribution is 2.23. The number of aryl methyl sites for hydroxylation is 3. The molecule has 0 radical (unpaired) electrons. The number of nitrogens with zero attached hydrogens (tertiary/aromatic N) is 3. The number of fused-ring (bicyclic) bond motifs is 1. The lowest BCUT2D eigenvalue weighted by Gasteiger charge is -2.11. The summed E-state index contributed by atoms with van der Waals surface area (Å²) in [6.45, 7) is 2.03. The van der Waals surface area contributed by atoms with E-state index in [9.17, 15) is 4.79 Å². The zero-order valence-electron chi connectivity index (χ0n) is 14.6. The molecule has 26 heavy (non-hydrogen) atoms. The van der Waals surface area contributed by atoms with E-state index in [0.717, 1.165) is 46.4 Å². The van der Waals surface area contributed by atoms with E-state index in [-0.39, 0.29) is 5.56 Å². The first-order chi connectivity index (χ1) is 12.7. The molecule has 0 spiro atoms. The van der Waals surface area contributed by atoms with Gasteiger partial charge in [0, 0.05) is 29.5 Å². The first-order valence-corrected chi connectivity index (χ1v) is 9.55. The summed E-state index contributed by atoms with van der Waals surface area (Å²) in [6, 6.07) is 12.0. The molecular formula is C21H19N3OS. The van der Waals surface area contributed by atoms with Crippen molar-refractivity contribution in [1.82, 2.24) is 14.5 Å². The first kappa shape index (κ1) is 16.7. The van der Waals surface area contributed by atoms with E-state index in [4.69, 9.17) is 0 Å². The monoisotopic (exact) mass is 361 g/mol. The van der Waals surface area contributed by atoms with Gasteiger partial charge in [-0.2, -0.15) is 0 Å². The SMILES string of the molecule is Cc1ccsc1-n1c(=O)c(CCCc2ccncc2)cc2cccnc21. The maximum Gasteiger partial charge on any atom is 0.260 e. The van der Waals surface area contributed by atoms with Crippen molar-refractivity contribution >= 4 is 22.4 Å². The first-order valence-electron chi connectivity index (χ1n) is 8.67. The Morgan fingerprint density at radius 3 is 2.69 bits per heavy atom. The fourth-order valence-electron chi connectivity index (χ4n) is 3.19. The van der Waals surface area contributed by atoms with Gasteiger partial charge >= 0.3 is 0 Å². The second-order valence-electron chi connectivity index (χ2n) is 6.34. The average Bonchev–Trinajstić information content (AvgIpc) is 3.09. The summed E-state index contributed by atoms with van der Waals surface area (Å²) >= 11 is 1.58. The summed E-state index contributed by atoms with van der Waals surface area (Å²) in [5.74, 6) is 0. The molecule has 4 rings (SSSR count). The lowest BCUT2D eigenvalue weighted by molar-refractivity contribution is 0.803. The lowest BCUT2D eigenvalue weighted by atomic mass is 10.0. The Morgan fingerprint density at radius 2 is 1.92 bits per heavy atom. The molecule has 5 heteroatoms. The van der Waals surface area contributed by atoms with Gasteiger partial charge in [0.25, 0.3) is 5.56 Å². The van der Waals surface area contributed by atoms with Gasteiger partial charge in [-0.15, -0.1) is 11.3 Å². The highest BCUT2D eigenvalue weighted by atomic mass is 32.1. The molecule has 0 amide bonds. The average molecular weight is 361 g/mol. The molecule has 0 saturated carbocycles. The molecule has 0 aromatic carbocycles. The molecular weight excluding hydrogens is 342 g/mol. The van der Waals surface area contributed by atoms with Gasteiger partial charge in [0.1, 0.15) is 10.6 Å². The van der Waals surface area contributed by atoms with Crippen molar-refractivity contribution in [2.75, 3.05) is 0 Å². The second-order valence-corrected chi connectivity index (χ2v) is 7.24. The smallest absolute Gasteiger partial charge is 0.260 e. The van der Waals surface area contributed by atoms with E-state index in [1.165, 1.54) is 5.56 Å². The number of hydrogen-bond donors (Lipinski definition) is 0. The largest absolute Gasteiger partial charge is 0.269 e. The zero-order valence-corrected chi connectivity index (χ0v) is 15.4. The fourth-order valence-corrected chi connectivity index (χ4v) is 4.12. The van der Waals surface area contributed by atoms with Crippen LogP contribution in [0, 0.1) is 6.92 Å². The maximum atomic E-state index is 13.2. The van der Waals surface area contributed by atoms with E-state index in [2.05, 4.69) is 9.97 Å². The van der Waals surface area contributed by atoms with Gasteiger partial charge < -0.3 is 0 Å². The predicted molar refractivity (Wildman–Crippen MR) is 106 cm³/mol. The Morgan fingerprint density at radius 1 is 1.08 bits per heavy atom. The molecule has 4 aromatic rings. The normalized spacial score (nSPS) is 11.1. The van der Waals surface area contributed by atoms with E-state index in [1.54, 1.807) is 22.1 Å². The van der Waals surface area contributed by atoms with Gasteiger partial charge in [-0.25, -0.2) is 4.98 Å². The summed E-state index contributed by atoms with van der Waals surface area (Å²) in [5.41, 5.74) is 3.94. The highest BCUT2D eigenvalue weighted by molar-refractivity contribution is 7.12. The third-order valence-corrected chi connectivity index (χ3v) is 5.54. The van der Waals surface area contributed by atoms with Gasteiger partial charge in [-0.3, -0.25) is 14.3 Å². The van der Waals surface area contributed by atoms with Crippen LogP contribution in [0.2, 0.25) is 0 Å². The number of aromatic nitrogens is 3. The quantitative estimate of drug-likeness (QED) is 0.532. The van der Waals surface area contributed by atoms with Gasteiger partial charge in [0.05, 0.1) is 0 Å². The number of rotatable bonds is 5. The Kier molecular flexibility index (Phi) is 4.63. The highest BCUT2D eigenvalue weighted by Gasteiger charge is 2.14. The van der Waals surface area contributed by atoms with E-state index in [0.29, 0.717) is 0 Å². The Balaban J connectivity index is 1.73.